The summed E-state index contributed by atoms with van der Waals surface area (Å²) < 4.78 is 70.6. The van der Waals surface area contributed by atoms with E-state index in [0.717, 1.165) is 22.5 Å². The van der Waals surface area contributed by atoms with Gasteiger partial charge in [-0.2, -0.15) is 13.2 Å². The summed E-state index contributed by atoms with van der Waals surface area (Å²) in [5.41, 5.74) is 1.44. The lowest BCUT2D eigenvalue weighted by Crippen LogP contribution is -2.29. The van der Waals surface area contributed by atoms with Crippen LogP contribution in [0.15, 0.2) is 48.7 Å². The van der Waals surface area contributed by atoms with E-state index >= 15 is 0 Å². The molecule has 0 bridgehead atoms. The fraction of sp³-hybridized carbons (Fsp3) is 0.440. The van der Waals surface area contributed by atoms with Crippen molar-refractivity contribution < 1.29 is 21.6 Å². The molecule has 1 N–H and O–H groups in total. The minimum atomic E-state index is -4.46. The zero-order chi connectivity index (χ0) is 24.2. The maximum Gasteiger partial charge on any atom is 0.417 e. The molecule has 1 unspecified atom stereocenters. The summed E-state index contributed by atoms with van der Waals surface area (Å²) in [6.07, 6.45) is -1.18. The van der Waals surface area contributed by atoms with Gasteiger partial charge in [-0.25, -0.2) is 13.1 Å². The lowest BCUT2D eigenvalue weighted by molar-refractivity contribution is -0.137. The van der Waals surface area contributed by atoms with Crippen molar-refractivity contribution in [3.05, 3.63) is 59.8 Å². The third-order valence-electron chi connectivity index (χ3n) is 5.87. The van der Waals surface area contributed by atoms with Crippen LogP contribution in [0.4, 0.5) is 13.2 Å². The molecule has 1 aliphatic rings. The molecule has 3 aromatic rings. The summed E-state index contributed by atoms with van der Waals surface area (Å²) >= 11 is 0. The van der Waals surface area contributed by atoms with E-state index < -0.39 is 27.8 Å². The molecule has 1 aliphatic carbocycles. The Morgan fingerprint density at radius 1 is 1.09 bits per heavy atom. The van der Waals surface area contributed by atoms with Gasteiger partial charge in [0.25, 0.3) is 0 Å². The summed E-state index contributed by atoms with van der Waals surface area (Å²) in [5, 5.41) is 0.506. The van der Waals surface area contributed by atoms with Gasteiger partial charge >= 0.3 is 6.18 Å². The molecule has 2 aromatic carbocycles. The Morgan fingerprint density at radius 3 is 2.36 bits per heavy atom. The molecule has 4 rings (SSSR count). The van der Waals surface area contributed by atoms with Crippen LogP contribution < -0.4 is 4.72 Å². The second-order valence-corrected chi connectivity index (χ2v) is 12.1. The van der Waals surface area contributed by atoms with Gasteiger partial charge in [-0.15, -0.1) is 0 Å². The summed E-state index contributed by atoms with van der Waals surface area (Å²) in [7, 11) is -3.39. The molecular formula is C25H29F3N2O2S. The number of benzene rings is 2. The van der Waals surface area contributed by atoms with Gasteiger partial charge in [0.2, 0.25) is 10.0 Å². The number of hydrogen-bond acceptors (Lipinski definition) is 2. The Hall–Kier alpha value is -2.32. The first-order chi connectivity index (χ1) is 15.3. The predicted octanol–water partition coefficient (Wildman–Crippen LogP) is 6.52. The van der Waals surface area contributed by atoms with Crippen molar-refractivity contribution in [1.29, 1.82) is 0 Å². The van der Waals surface area contributed by atoms with E-state index in [-0.39, 0.29) is 16.2 Å². The average molecular weight is 479 g/mol. The highest BCUT2D eigenvalue weighted by atomic mass is 32.2. The van der Waals surface area contributed by atoms with Gasteiger partial charge in [0.1, 0.15) is 0 Å². The van der Waals surface area contributed by atoms with E-state index in [1.54, 1.807) is 24.3 Å². The highest BCUT2D eigenvalue weighted by molar-refractivity contribution is 7.90. The maximum absolute atomic E-state index is 13.6. The number of halogens is 3. The molecule has 0 spiro atoms. The lowest BCUT2D eigenvalue weighted by Gasteiger charge is -2.20. The zero-order valence-electron chi connectivity index (χ0n) is 19.2. The normalized spacial score (nSPS) is 16.3. The molecule has 1 atom stereocenters. The van der Waals surface area contributed by atoms with E-state index in [1.165, 1.54) is 12.1 Å². The molecule has 0 saturated heterocycles. The van der Waals surface area contributed by atoms with Crippen LogP contribution >= 0.6 is 0 Å². The zero-order valence-corrected chi connectivity index (χ0v) is 20.0. The average Bonchev–Trinajstić information content (AvgIpc) is 3.50. The molecule has 4 nitrogen and oxygen atoms in total. The van der Waals surface area contributed by atoms with Crippen molar-refractivity contribution >= 4 is 20.9 Å². The first-order valence-electron chi connectivity index (χ1n) is 11.1. The third kappa shape index (κ3) is 5.11. The van der Waals surface area contributed by atoms with E-state index in [0.29, 0.717) is 24.9 Å². The van der Waals surface area contributed by atoms with Crippen molar-refractivity contribution in [3.8, 4) is 11.1 Å². The van der Waals surface area contributed by atoms with Crippen LogP contribution in [0.25, 0.3) is 22.0 Å². The minimum absolute atomic E-state index is 0.0835. The van der Waals surface area contributed by atoms with Crippen molar-refractivity contribution in [2.24, 2.45) is 5.41 Å². The van der Waals surface area contributed by atoms with E-state index in [2.05, 4.69) is 25.5 Å². The smallest absolute Gasteiger partial charge is 0.347 e. The van der Waals surface area contributed by atoms with Crippen molar-refractivity contribution in [1.82, 2.24) is 9.29 Å². The van der Waals surface area contributed by atoms with Crippen molar-refractivity contribution in [2.75, 3.05) is 0 Å². The molecule has 33 heavy (non-hydrogen) atoms. The van der Waals surface area contributed by atoms with Gasteiger partial charge in [0.05, 0.1) is 10.8 Å². The Kier molecular flexibility index (Phi) is 5.90. The monoisotopic (exact) mass is 478 g/mol. The van der Waals surface area contributed by atoms with Crippen LogP contribution in [0.5, 0.6) is 0 Å². The summed E-state index contributed by atoms with van der Waals surface area (Å²) in [6, 6.07) is 10.4. The molecular weight excluding hydrogens is 449 g/mol. The standard InChI is InChI=1S/C25H29F3N2O2S/c1-16(29-33(31,32)18-10-11-18)21-14-30(15-24(2,3)4)23-13-17(9-12-20(21)23)19-7-5-6-8-22(19)25(26,27)28/h5-9,12-14,16,18,29H,10-11,15H2,1-4H3. The number of alkyl halides is 3. The maximum atomic E-state index is 13.6. The van der Waals surface area contributed by atoms with Crippen LogP contribution in [-0.4, -0.2) is 18.2 Å². The van der Waals surface area contributed by atoms with E-state index in [4.69, 9.17) is 0 Å². The van der Waals surface area contributed by atoms with Gasteiger partial charge in [-0.1, -0.05) is 51.1 Å². The van der Waals surface area contributed by atoms with Crippen molar-refractivity contribution in [2.45, 2.75) is 64.5 Å². The van der Waals surface area contributed by atoms with Crippen molar-refractivity contribution in [3.63, 3.8) is 0 Å². The third-order valence-corrected chi connectivity index (χ3v) is 7.90. The van der Waals surface area contributed by atoms with Crippen LogP contribution in [0.1, 0.15) is 57.7 Å². The number of rotatable bonds is 6. The summed E-state index contributed by atoms with van der Waals surface area (Å²) in [4.78, 5) is 0. The molecule has 1 saturated carbocycles. The Bertz CT molecular complexity index is 1280. The van der Waals surface area contributed by atoms with Gasteiger partial charge < -0.3 is 4.57 Å². The Morgan fingerprint density at radius 2 is 1.76 bits per heavy atom. The fourth-order valence-corrected chi connectivity index (χ4v) is 5.81. The number of nitrogens with one attached hydrogen (secondary N) is 1. The lowest BCUT2D eigenvalue weighted by atomic mass is 9.96. The second kappa shape index (κ2) is 8.17. The first kappa shape index (κ1) is 23.8. The first-order valence-corrected chi connectivity index (χ1v) is 12.6. The Labute approximate surface area is 192 Å². The molecule has 0 aliphatic heterocycles. The molecule has 0 radical (unpaired) electrons. The topological polar surface area (TPSA) is 51.1 Å². The van der Waals surface area contributed by atoms with Gasteiger partial charge in [-0.05, 0) is 54.0 Å². The summed E-state index contributed by atoms with van der Waals surface area (Å²) in [6.45, 7) is 8.70. The minimum Gasteiger partial charge on any atom is -0.347 e. The van der Waals surface area contributed by atoms with Crippen LogP contribution in [0.3, 0.4) is 0 Å². The SMILES string of the molecule is CC(NS(=O)(=O)C1CC1)c1cn(CC(C)(C)C)c2cc(-c3ccccc3C(F)(F)F)ccc12. The number of sulfonamides is 1. The second-order valence-electron chi connectivity index (χ2n) is 10.1. The number of aromatic nitrogens is 1. The number of fused-ring (bicyclic) bond motifs is 1. The van der Waals surface area contributed by atoms with Gasteiger partial charge in [0, 0.05) is 29.7 Å². The Balaban J connectivity index is 1.83. The number of hydrogen-bond donors (Lipinski definition) is 1. The van der Waals surface area contributed by atoms with E-state index in [9.17, 15) is 21.6 Å². The molecule has 178 valence electrons. The van der Waals surface area contributed by atoms with Gasteiger partial charge in [0.15, 0.2) is 0 Å². The molecule has 1 heterocycles. The highest BCUT2D eigenvalue weighted by Crippen LogP contribution is 2.39. The highest BCUT2D eigenvalue weighted by Gasteiger charge is 2.37. The number of nitrogens with zero attached hydrogens (tertiary/aromatic N) is 1. The summed E-state index contributed by atoms with van der Waals surface area (Å²) in [5.74, 6) is 0. The molecule has 1 aromatic heterocycles. The molecule has 1 fully saturated rings. The molecule has 8 heteroatoms. The van der Waals surface area contributed by atoms with E-state index in [1.807, 2.05) is 17.7 Å². The molecule has 0 amide bonds. The van der Waals surface area contributed by atoms with Gasteiger partial charge in [-0.3, -0.25) is 0 Å². The largest absolute Gasteiger partial charge is 0.417 e. The van der Waals surface area contributed by atoms with Crippen LogP contribution in [0.2, 0.25) is 0 Å². The predicted molar refractivity (Wildman–Crippen MR) is 125 cm³/mol. The quantitative estimate of drug-likeness (QED) is 0.439. The van der Waals surface area contributed by atoms with Crippen LogP contribution in [0, 0.1) is 5.41 Å². The van der Waals surface area contributed by atoms with Crippen LogP contribution in [-0.2, 0) is 22.7 Å². The fourth-order valence-electron chi connectivity index (χ4n) is 4.24.